The van der Waals surface area contributed by atoms with E-state index in [4.69, 9.17) is 5.26 Å². The topological polar surface area (TPSA) is 23.8 Å². The molecule has 0 spiro atoms. The third-order valence-electron chi connectivity index (χ3n) is 3.19. The van der Waals surface area contributed by atoms with Gasteiger partial charge in [0.1, 0.15) is 6.69 Å². The number of unbranched alkanes of at least 4 members (excludes halogenated alkanes) is 1. The molecule has 0 bridgehead atoms. The molecule has 1 nitrogen and oxygen atoms in total. The summed E-state index contributed by atoms with van der Waals surface area (Å²) in [6.45, 7) is 12.4. The molecule has 0 heterocycles. The second kappa shape index (κ2) is 5.01. The first-order valence-corrected chi connectivity index (χ1v) is 10.1. The molecular weight excluding hydrogens is 266 g/mol. The van der Waals surface area contributed by atoms with Gasteiger partial charge in [0.05, 0.1) is 6.07 Å². The van der Waals surface area contributed by atoms with E-state index in [0.717, 1.165) is 6.42 Å². The quantitative estimate of drug-likeness (QED) is 0.396. The van der Waals surface area contributed by atoms with E-state index >= 15 is 0 Å². The minimum absolute atomic E-state index is 0.334. The molecule has 0 aliphatic rings. The first kappa shape index (κ1) is 15.2. The Hall–Kier alpha value is 0.187. The lowest BCUT2D eigenvalue weighted by Crippen LogP contribution is -2.45. The molecule has 0 unspecified atom stereocenters. The minimum atomic E-state index is -1.53. The zero-order valence-electron chi connectivity index (χ0n) is 10.9. The molecule has 15 heavy (non-hydrogen) atoms. The average molecular weight is 290 g/mol. The molecule has 88 valence electrons. The molecule has 0 atom stereocenters. The monoisotopic (exact) mass is 289 g/mol. The Bertz CT molecular complexity index is 228. The van der Waals surface area contributed by atoms with Gasteiger partial charge in [0.25, 0.3) is 0 Å². The van der Waals surface area contributed by atoms with E-state index in [9.17, 15) is 0 Å². The lowest BCUT2D eigenvalue weighted by Gasteiger charge is -2.47. The third-order valence-corrected chi connectivity index (χ3v) is 17.3. The fourth-order valence-electron chi connectivity index (χ4n) is 2.29. The van der Waals surface area contributed by atoms with Gasteiger partial charge < -0.3 is 0 Å². The van der Waals surface area contributed by atoms with Crippen LogP contribution < -0.4 is 0 Å². The molecule has 0 amide bonds. The number of nitrogens with zero attached hydrogens (tertiary/aromatic N) is 1. The van der Waals surface area contributed by atoms with Crippen LogP contribution >= 0.6 is 15.3 Å². The van der Waals surface area contributed by atoms with Crippen molar-refractivity contribution < 1.29 is 0 Å². The predicted octanol–water partition coefficient (Wildman–Crippen LogP) is 5.23. The van der Waals surface area contributed by atoms with Crippen molar-refractivity contribution in [3.63, 3.8) is 0 Å². The van der Waals surface area contributed by atoms with E-state index in [2.05, 4.69) is 62.9 Å². The van der Waals surface area contributed by atoms with Crippen LogP contribution in [0.25, 0.3) is 0 Å². The van der Waals surface area contributed by atoms with Crippen LogP contribution in [0.1, 0.15) is 54.4 Å². The highest BCUT2D eigenvalue weighted by molar-refractivity contribution is 9.26. The summed E-state index contributed by atoms with van der Waals surface area (Å²) in [6.07, 6.45) is 1.72. The van der Waals surface area contributed by atoms with Gasteiger partial charge in [-0.15, -0.1) is 15.3 Å². The third kappa shape index (κ3) is 3.60. The lowest BCUT2D eigenvalue weighted by molar-refractivity contribution is 0.625. The zero-order chi connectivity index (χ0) is 12.3. The van der Waals surface area contributed by atoms with Gasteiger partial charge in [-0.1, -0.05) is 41.5 Å². The summed E-state index contributed by atoms with van der Waals surface area (Å²) in [6, 6.07) is 3.43. The van der Waals surface area contributed by atoms with Crippen LogP contribution in [-0.2, 0) is 0 Å². The average Bonchev–Trinajstić information content (AvgIpc) is 2.00. The maximum Gasteiger partial charge on any atom is 0.140 e. The highest BCUT2D eigenvalue weighted by atomic mass is 79.9. The van der Waals surface area contributed by atoms with Crippen LogP contribution in [0.5, 0.6) is 0 Å². The summed E-state index contributed by atoms with van der Waals surface area (Å²) in [5.41, 5.74) is 0. The molecule has 0 saturated carbocycles. The highest BCUT2D eigenvalue weighted by Crippen LogP contribution is 2.57. The summed E-state index contributed by atoms with van der Waals surface area (Å²) in [5, 5.41) is 9.29. The number of hydrogen-bond donors (Lipinski definition) is 0. The van der Waals surface area contributed by atoms with Gasteiger partial charge in [-0.25, -0.2) is 0 Å². The molecule has 0 radical (unpaired) electrons. The summed E-state index contributed by atoms with van der Waals surface area (Å²) in [4.78, 5) is 0. The van der Waals surface area contributed by atoms with Crippen molar-refractivity contribution in [3.05, 3.63) is 0 Å². The normalized spacial score (nSPS) is 13.7. The Morgan fingerprint density at radius 2 is 1.47 bits per heavy atom. The maximum atomic E-state index is 8.62. The molecule has 0 rings (SSSR count). The van der Waals surface area contributed by atoms with Crippen LogP contribution in [0.2, 0.25) is 16.1 Å². The molecular formula is C12H24BrNSi. The molecule has 0 aliphatic heterocycles. The van der Waals surface area contributed by atoms with Crippen molar-refractivity contribution >= 4 is 22.0 Å². The van der Waals surface area contributed by atoms with Crippen molar-refractivity contribution in [1.29, 1.82) is 5.26 Å². The van der Waals surface area contributed by atoms with Crippen molar-refractivity contribution in [2.24, 2.45) is 0 Å². The van der Waals surface area contributed by atoms with Gasteiger partial charge in [0.2, 0.25) is 0 Å². The molecule has 0 saturated heterocycles. The SMILES string of the molecule is CC(C)(C)[Si](Br)(CCCC#N)C(C)(C)C. The Labute approximate surface area is 104 Å². The number of halogens is 1. The molecule has 0 aromatic carbocycles. The smallest absolute Gasteiger partial charge is 0.140 e. The highest BCUT2D eigenvalue weighted by Gasteiger charge is 2.50. The van der Waals surface area contributed by atoms with E-state index in [0.29, 0.717) is 16.5 Å². The molecule has 3 heteroatoms. The van der Waals surface area contributed by atoms with Gasteiger partial charge in [-0.05, 0) is 22.5 Å². The van der Waals surface area contributed by atoms with E-state index in [-0.39, 0.29) is 0 Å². The van der Waals surface area contributed by atoms with Gasteiger partial charge in [0, 0.05) is 6.42 Å². The number of nitriles is 1. The molecule has 0 aromatic heterocycles. The maximum absolute atomic E-state index is 8.62. The molecule has 0 aromatic rings. The summed E-state index contributed by atoms with van der Waals surface area (Å²) >= 11 is 4.09. The van der Waals surface area contributed by atoms with Crippen molar-refractivity contribution in [1.82, 2.24) is 0 Å². The van der Waals surface area contributed by atoms with E-state index < -0.39 is 6.69 Å². The summed E-state index contributed by atoms with van der Waals surface area (Å²) in [5.74, 6) is 0. The fraction of sp³-hybridized carbons (Fsp3) is 0.917. The summed E-state index contributed by atoms with van der Waals surface area (Å²) in [7, 11) is 0. The van der Waals surface area contributed by atoms with Gasteiger partial charge in [0.15, 0.2) is 0 Å². The minimum Gasteiger partial charge on any atom is -0.198 e. The lowest BCUT2D eigenvalue weighted by atomic mass is 10.2. The molecule has 0 fully saturated rings. The van der Waals surface area contributed by atoms with Crippen LogP contribution in [0.3, 0.4) is 0 Å². The van der Waals surface area contributed by atoms with Gasteiger partial charge in [-0.3, -0.25) is 0 Å². The standard InChI is InChI=1S/C12H24BrNSi/c1-11(2,3)15(13,12(4,5)6)10-8-7-9-14/h7-8,10H2,1-6H3. The van der Waals surface area contributed by atoms with Crippen LogP contribution in [0.15, 0.2) is 0 Å². The second-order valence-electron chi connectivity index (χ2n) is 6.31. The Kier molecular flexibility index (Phi) is 5.07. The van der Waals surface area contributed by atoms with Crippen molar-refractivity contribution in [3.8, 4) is 6.07 Å². The van der Waals surface area contributed by atoms with Crippen molar-refractivity contribution in [2.75, 3.05) is 0 Å². The van der Waals surface area contributed by atoms with Crippen LogP contribution in [0, 0.1) is 11.3 Å². The fourth-order valence-corrected chi connectivity index (χ4v) is 7.54. The van der Waals surface area contributed by atoms with Gasteiger partial charge in [-0.2, -0.15) is 5.26 Å². The molecule has 0 aliphatic carbocycles. The van der Waals surface area contributed by atoms with Gasteiger partial charge >= 0.3 is 0 Å². The number of rotatable bonds is 3. The zero-order valence-corrected chi connectivity index (χ0v) is 13.5. The van der Waals surface area contributed by atoms with E-state index in [1.165, 1.54) is 6.04 Å². The van der Waals surface area contributed by atoms with Crippen LogP contribution in [0.4, 0.5) is 0 Å². The van der Waals surface area contributed by atoms with E-state index in [1.807, 2.05) is 0 Å². The van der Waals surface area contributed by atoms with Crippen molar-refractivity contribution in [2.45, 2.75) is 70.5 Å². The Morgan fingerprint density at radius 1 is 1.07 bits per heavy atom. The Balaban J connectivity index is 4.83. The van der Waals surface area contributed by atoms with E-state index in [1.54, 1.807) is 0 Å². The second-order valence-corrected chi connectivity index (χ2v) is 15.5. The Morgan fingerprint density at radius 3 is 1.73 bits per heavy atom. The van der Waals surface area contributed by atoms with Crippen LogP contribution in [-0.4, -0.2) is 6.69 Å². The number of hydrogen-bond acceptors (Lipinski definition) is 1. The first-order valence-electron chi connectivity index (χ1n) is 5.62. The summed E-state index contributed by atoms with van der Waals surface area (Å²) < 4.78 is 0. The molecule has 0 N–H and O–H groups in total. The largest absolute Gasteiger partial charge is 0.198 e. The predicted molar refractivity (Wildman–Crippen MR) is 73.8 cm³/mol. The first-order chi connectivity index (χ1) is 6.56.